The van der Waals surface area contributed by atoms with Crippen LogP contribution in [0.15, 0.2) is 36.1 Å². The van der Waals surface area contributed by atoms with Crippen LogP contribution in [0.3, 0.4) is 0 Å². The molecule has 0 unspecified atom stereocenters. The molecule has 0 atom stereocenters. The Balaban J connectivity index is 1.64. The van der Waals surface area contributed by atoms with E-state index in [4.69, 9.17) is 14.2 Å². The quantitative estimate of drug-likeness (QED) is 0.736. The van der Waals surface area contributed by atoms with Crippen LogP contribution in [0.4, 0.5) is 0 Å². The molecule has 2 aliphatic heterocycles. The summed E-state index contributed by atoms with van der Waals surface area (Å²) >= 11 is 0. The number of ketones is 1. The highest BCUT2D eigenvalue weighted by molar-refractivity contribution is 6.15. The topological polar surface area (TPSA) is 48.0 Å². The highest BCUT2D eigenvalue weighted by atomic mass is 16.5. The molecule has 28 heavy (non-hydrogen) atoms. The Morgan fingerprint density at radius 3 is 2.64 bits per heavy atom. The molecule has 2 heterocycles. The van der Waals surface area contributed by atoms with Crippen LogP contribution in [0, 0.1) is 12.8 Å². The van der Waals surface area contributed by atoms with E-state index in [2.05, 4.69) is 18.7 Å². The summed E-state index contributed by atoms with van der Waals surface area (Å²) in [5.74, 6) is 3.04. The predicted molar refractivity (Wildman–Crippen MR) is 108 cm³/mol. The zero-order valence-corrected chi connectivity index (χ0v) is 16.7. The number of hydrogen-bond donors (Lipinski definition) is 0. The third kappa shape index (κ3) is 3.38. The summed E-state index contributed by atoms with van der Waals surface area (Å²) < 4.78 is 17.1. The summed E-state index contributed by atoms with van der Waals surface area (Å²) in [7, 11) is 1.63. The molecular weight excluding hydrogens is 354 g/mol. The highest BCUT2D eigenvalue weighted by Crippen LogP contribution is 2.43. The van der Waals surface area contributed by atoms with Gasteiger partial charge in [0, 0.05) is 24.2 Å². The molecule has 0 saturated carbocycles. The van der Waals surface area contributed by atoms with E-state index in [1.807, 2.05) is 37.3 Å². The second-order valence-electron chi connectivity index (χ2n) is 7.76. The molecule has 0 fully saturated rings. The molecule has 4 rings (SSSR count). The Morgan fingerprint density at radius 2 is 1.96 bits per heavy atom. The third-order valence-corrected chi connectivity index (χ3v) is 5.04. The van der Waals surface area contributed by atoms with Crippen LogP contribution in [0.5, 0.6) is 17.2 Å². The van der Waals surface area contributed by atoms with Gasteiger partial charge >= 0.3 is 0 Å². The third-order valence-electron chi connectivity index (χ3n) is 5.04. The Morgan fingerprint density at radius 1 is 1.21 bits per heavy atom. The van der Waals surface area contributed by atoms with E-state index in [1.54, 1.807) is 13.2 Å². The Bertz CT molecular complexity index is 944. The van der Waals surface area contributed by atoms with Crippen molar-refractivity contribution in [1.29, 1.82) is 0 Å². The molecule has 0 spiro atoms. The van der Waals surface area contributed by atoms with Gasteiger partial charge in [-0.15, -0.1) is 0 Å². The van der Waals surface area contributed by atoms with Crippen LogP contribution in [-0.4, -0.2) is 31.1 Å². The number of allylic oxidation sites excluding steroid dienone is 1. The fraction of sp³-hybridized carbons (Fsp3) is 0.348. The number of rotatable bonds is 4. The maximum Gasteiger partial charge on any atom is 0.231 e. The number of methoxy groups -OCH3 is 1. The van der Waals surface area contributed by atoms with Crippen molar-refractivity contribution in [3.8, 4) is 17.2 Å². The number of nitrogens with zero attached hydrogens (tertiary/aromatic N) is 1. The van der Waals surface area contributed by atoms with Crippen LogP contribution in [0.1, 0.15) is 40.9 Å². The number of carbonyl (C=O) groups excluding carboxylic acids is 1. The summed E-state index contributed by atoms with van der Waals surface area (Å²) in [6, 6.07) is 9.45. The van der Waals surface area contributed by atoms with E-state index in [-0.39, 0.29) is 5.78 Å². The van der Waals surface area contributed by atoms with E-state index in [9.17, 15) is 4.79 Å². The molecule has 0 bridgehead atoms. The maximum absolute atomic E-state index is 12.9. The largest absolute Gasteiger partial charge is 0.497 e. The van der Waals surface area contributed by atoms with Crippen LogP contribution >= 0.6 is 0 Å². The van der Waals surface area contributed by atoms with Crippen LogP contribution in [0.2, 0.25) is 0 Å². The van der Waals surface area contributed by atoms with E-state index in [0.717, 1.165) is 41.3 Å². The first-order valence-corrected chi connectivity index (χ1v) is 9.56. The molecule has 0 aromatic heterocycles. The maximum atomic E-state index is 12.9. The van der Waals surface area contributed by atoms with Gasteiger partial charge in [-0.3, -0.25) is 9.69 Å². The van der Waals surface area contributed by atoms with Gasteiger partial charge in [-0.1, -0.05) is 26.0 Å². The lowest BCUT2D eigenvalue weighted by molar-refractivity contribution is 0.0835. The summed E-state index contributed by atoms with van der Waals surface area (Å²) in [6.45, 7) is 8.65. The Kier molecular flexibility index (Phi) is 4.85. The van der Waals surface area contributed by atoms with E-state index >= 15 is 0 Å². The fourth-order valence-electron chi connectivity index (χ4n) is 3.78. The first-order chi connectivity index (χ1) is 13.5. The van der Waals surface area contributed by atoms with E-state index in [0.29, 0.717) is 29.7 Å². The molecule has 2 aromatic carbocycles. The number of benzene rings is 2. The highest BCUT2D eigenvalue weighted by Gasteiger charge is 2.33. The van der Waals surface area contributed by atoms with Gasteiger partial charge in [-0.2, -0.15) is 0 Å². The number of hydrogen-bond acceptors (Lipinski definition) is 5. The summed E-state index contributed by atoms with van der Waals surface area (Å²) in [6.07, 6.45) is 1.77. The lowest BCUT2D eigenvalue weighted by Gasteiger charge is -2.31. The molecule has 0 N–H and O–H groups in total. The average Bonchev–Trinajstić information content (AvgIpc) is 2.98. The standard InChI is InChI=1S/C23H25NO4/c1-14(2)11-24-12-17-10-19-21(25)20(9-16-5-7-18(26-4)8-6-16)28-23(19)15(3)22(17)27-13-24/h5-10,14H,11-13H2,1-4H3/b20-9-. The molecule has 5 nitrogen and oxygen atoms in total. The molecule has 146 valence electrons. The second-order valence-corrected chi connectivity index (χ2v) is 7.76. The minimum Gasteiger partial charge on any atom is -0.497 e. The molecule has 0 saturated heterocycles. The SMILES string of the molecule is COc1ccc(/C=C2\Oc3c(cc4c(c3C)OCN(CC(C)C)C4)C2=O)cc1. The minimum absolute atomic E-state index is 0.0855. The van der Waals surface area contributed by atoms with Gasteiger partial charge in [0.1, 0.15) is 24.0 Å². The van der Waals surface area contributed by atoms with Crippen LogP contribution in [0.25, 0.3) is 6.08 Å². The van der Waals surface area contributed by atoms with Crippen molar-refractivity contribution < 1.29 is 19.0 Å². The van der Waals surface area contributed by atoms with Gasteiger partial charge < -0.3 is 14.2 Å². The smallest absolute Gasteiger partial charge is 0.231 e. The predicted octanol–water partition coefficient (Wildman–Crippen LogP) is 4.43. The van der Waals surface area contributed by atoms with Gasteiger partial charge in [0.15, 0.2) is 5.76 Å². The first-order valence-electron chi connectivity index (χ1n) is 9.56. The molecule has 2 aliphatic rings. The Labute approximate surface area is 165 Å². The van der Waals surface area contributed by atoms with E-state index < -0.39 is 0 Å². The van der Waals surface area contributed by atoms with Crippen molar-refractivity contribution in [2.75, 3.05) is 20.4 Å². The zero-order chi connectivity index (χ0) is 19.8. The monoisotopic (exact) mass is 379 g/mol. The number of fused-ring (bicyclic) bond motifs is 2. The van der Waals surface area contributed by atoms with Crippen molar-refractivity contribution >= 4 is 11.9 Å². The molecule has 0 amide bonds. The molecule has 0 radical (unpaired) electrons. The van der Waals surface area contributed by atoms with E-state index in [1.165, 1.54) is 0 Å². The lowest BCUT2D eigenvalue weighted by Crippen LogP contribution is -2.35. The van der Waals surface area contributed by atoms with Gasteiger partial charge in [-0.05, 0) is 42.7 Å². The van der Waals surface area contributed by atoms with Gasteiger partial charge in [0.25, 0.3) is 0 Å². The van der Waals surface area contributed by atoms with Gasteiger partial charge in [-0.25, -0.2) is 0 Å². The summed E-state index contributed by atoms with van der Waals surface area (Å²) in [5, 5.41) is 0. The molecule has 2 aromatic rings. The molecule has 0 aliphatic carbocycles. The fourth-order valence-corrected chi connectivity index (χ4v) is 3.78. The van der Waals surface area contributed by atoms with Crippen molar-refractivity contribution in [3.05, 3.63) is 58.3 Å². The summed E-state index contributed by atoms with van der Waals surface area (Å²) in [5.41, 5.74) is 3.44. The minimum atomic E-state index is -0.0855. The van der Waals surface area contributed by atoms with Crippen LogP contribution < -0.4 is 14.2 Å². The van der Waals surface area contributed by atoms with Gasteiger partial charge in [0.2, 0.25) is 5.78 Å². The van der Waals surface area contributed by atoms with Crippen molar-refractivity contribution in [2.24, 2.45) is 5.92 Å². The lowest BCUT2D eigenvalue weighted by atomic mass is 9.99. The van der Waals surface area contributed by atoms with Gasteiger partial charge in [0.05, 0.1) is 12.7 Å². The second kappa shape index (κ2) is 7.32. The number of carbonyl (C=O) groups is 1. The normalized spacial score (nSPS) is 17.3. The Hall–Kier alpha value is -2.79. The van der Waals surface area contributed by atoms with Crippen molar-refractivity contribution in [2.45, 2.75) is 27.3 Å². The van der Waals surface area contributed by atoms with Crippen molar-refractivity contribution in [3.63, 3.8) is 0 Å². The molecular formula is C23H25NO4. The molecule has 5 heteroatoms. The average molecular weight is 379 g/mol. The zero-order valence-electron chi connectivity index (χ0n) is 16.7. The summed E-state index contributed by atoms with van der Waals surface area (Å²) in [4.78, 5) is 15.2. The van der Waals surface area contributed by atoms with Crippen LogP contribution in [-0.2, 0) is 6.54 Å². The van der Waals surface area contributed by atoms with Crippen molar-refractivity contribution in [1.82, 2.24) is 4.90 Å². The number of Topliss-reactive ketones (excluding diaryl/α,β-unsaturated/α-hetero) is 1. The first kappa shape index (κ1) is 18.6. The number of ether oxygens (including phenoxy) is 3.